The fraction of sp³-hybridized carbons (Fsp3) is 0.111. The number of carboxylic acid groups (broad SMARTS) is 1. The van der Waals surface area contributed by atoms with E-state index < -0.39 is 11.2 Å². The first-order chi connectivity index (χ1) is 13.2. The number of nitrogens with zero attached hydrogens (tertiary/aromatic N) is 2. The normalized spacial score (nSPS) is 9.25. The molecule has 0 bridgehead atoms. The summed E-state index contributed by atoms with van der Waals surface area (Å²) in [6.45, 7) is 0. The van der Waals surface area contributed by atoms with Crippen LogP contribution in [0.5, 0.6) is 11.5 Å². The number of carbonyl (C=O) groups is 2. The first-order valence-corrected chi connectivity index (χ1v) is 8.31. The van der Waals surface area contributed by atoms with Gasteiger partial charge in [-0.05, 0) is 35.9 Å². The molecule has 0 aliphatic carbocycles. The van der Waals surface area contributed by atoms with E-state index in [1.807, 2.05) is 12.1 Å². The van der Waals surface area contributed by atoms with Gasteiger partial charge in [-0.2, -0.15) is 10.5 Å². The lowest BCUT2D eigenvalue weighted by molar-refractivity contribution is 0.0696. The Morgan fingerprint density at radius 3 is 1.61 bits per heavy atom. The highest BCUT2D eigenvalue weighted by Crippen LogP contribution is 2.30. The lowest BCUT2D eigenvalue weighted by atomic mass is 10.1. The molecule has 0 saturated heterocycles. The van der Waals surface area contributed by atoms with E-state index in [2.05, 4.69) is 0 Å². The molecule has 2 aromatic carbocycles. The van der Waals surface area contributed by atoms with Gasteiger partial charge in [0, 0.05) is 5.56 Å². The minimum absolute atomic E-state index is 0.0349. The van der Waals surface area contributed by atoms with Gasteiger partial charge in [0.15, 0.2) is 11.5 Å². The molecule has 0 aliphatic heterocycles. The fourth-order valence-electron chi connectivity index (χ4n) is 2.00. The van der Waals surface area contributed by atoms with Crippen molar-refractivity contribution in [2.45, 2.75) is 0 Å². The second-order valence-electron chi connectivity index (χ2n) is 4.88. The minimum Gasteiger partial charge on any atom is -0.494 e. The third-order valence-electron chi connectivity index (χ3n) is 3.21. The molecule has 10 heteroatoms. The molecule has 28 heavy (non-hydrogen) atoms. The topological polar surface area (TPSA) is 120 Å². The van der Waals surface area contributed by atoms with Gasteiger partial charge in [-0.25, -0.2) is 4.79 Å². The fourth-order valence-corrected chi connectivity index (χ4v) is 2.71. The number of hydrogen-bond donors (Lipinski definition) is 1. The Morgan fingerprint density at radius 1 is 0.893 bits per heavy atom. The highest BCUT2D eigenvalue weighted by atomic mass is 35.5. The maximum absolute atomic E-state index is 10.8. The van der Waals surface area contributed by atoms with Crippen molar-refractivity contribution in [3.8, 4) is 23.6 Å². The molecule has 0 heterocycles. The second-order valence-corrected chi connectivity index (χ2v) is 6.04. The summed E-state index contributed by atoms with van der Waals surface area (Å²) in [7, 11) is 2.76. The van der Waals surface area contributed by atoms with E-state index in [9.17, 15) is 9.59 Å². The average molecular weight is 442 g/mol. The number of halogens is 3. The second kappa shape index (κ2) is 10.4. The third kappa shape index (κ3) is 5.51. The summed E-state index contributed by atoms with van der Waals surface area (Å²) >= 11 is 16.7. The smallest absolute Gasteiger partial charge is 0.335 e. The summed E-state index contributed by atoms with van der Waals surface area (Å²) in [5, 5.41) is 25.8. The number of rotatable bonds is 4. The molecule has 0 fully saturated rings. The number of aromatic carboxylic acids is 1. The van der Waals surface area contributed by atoms with Gasteiger partial charge in [0.25, 0.3) is 5.24 Å². The molecule has 1 N–H and O–H groups in total. The zero-order valence-corrected chi connectivity index (χ0v) is 16.7. The van der Waals surface area contributed by atoms with Crippen molar-refractivity contribution in [2.24, 2.45) is 0 Å². The van der Waals surface area contributed by atoms with Crippen molar-refractivity contribution < 1.29 is 24.2 Å². The number of carboxylic acids is 1. The summed E-state index contributed by atoms with van der Waals surface area (Å²) < 4.78 is 9.75. The van der Waals surface area contributed by atoms with Crippen LogP contribution < -0.4 is 9.47 Å². The van der Waals surface area contributed by atoms with Gasteiger partial charge in [0.1, 0.15) is 12.1 Å². The first kappa shape index (κ1) is 23.1. The van der Waals surface area contributed by atoms with Crippen LogP contribution >= 0.6 is 34.8 Å². The van der Waals surface area contributed by atoms with E-state index in [1.54, 1.807) is 0 Å². The summed E-state index contributed by atoms with van der Waals surface area (Å²) in [5.74, 6) is -0.693. The zero-order chi connectivity index (χ0) is 21.4. The van der Waals surface area contributed by atoms with Crippen LogP contribution in [0, 0.1) is 22.7 Å². The molecule has 144 valence electrons. The number of carbonyl (C=O) groups excluding carboxylic acids is 1. The van der Waals surface area contributed by atoms with Gasteiger partial charge in [-0.15, -0.1) is 0 Å². The molecule has 0 spiro atoms. The molecule has 0 saturated carbocycles. The third-order valence-corrected chi connectivity index (χ3v) is 3.99. The van der Waals surface area contributed by atoms with Crippen molar-refractivity contribution in [1.29, 1.82) is 10.5 Å². The Labute approximate surface area is 175 Å². The van der Waals surface area contributed by atoms with Crippen LogP contribution in [0.3, 0.4) is 0 Å². The maximum Gasteiger partial charge on any atom is 0.335 e. The molecule has 0 aliphatic rings. The molecule has 2 aromatic rings. The van der Waals surface area contributed by atoms with Gasteiger partial charge in [0.2, 0.25) is 0 Å². The molecule has 0 unspecified atom stereocenters. The summed E-state index contributed by atoms with van der Waals surface area (Å²) in [6.07, 6.45) is 0. The molecule has 7 nitrogen and oxygen atoms in total. The predicted molar refractivity (Wildman–Crippen MR) is 103 cm³/mol. The quantitative estimate of drug-likeness (QED) is 0.692. The summed E-state index contributed by atoms with van der Waals surface area (Å²) in [5.41, 5.74) is 0.433. The van der Waals surface area contributed by atoms with Gasteiger partial charge in [-0.3, -0.25) is 4.79 Å². The van der Waals surface area contributed by atoms with Crippen molar-refractivity contribution in [1.82, 2.24) is 0 Å². The van der Waals surface area contributed by atoms with Crippen molar-refractivity contribution in [3.05, 3.63) is 56.6 Å². The zero-order valence-electron chi connectivity index (χ0n) is 14.4. The Kier molecular flexibility index (Phi) is 8.56. The first-order valence-electron chi connectivity index (χ1n) is 7.18. The Bertz CT molecular complexity index is 928. The van der Waals surface area contributed by atoms with E-state index in [1.165, 1.54) is 38.5 Å². The van der Waals surface area contributed by atoms with Crippen LogP contribution in [0.4, 0.5) is 0 Å². The number of nitriles is 2. The van der Waals surface area contributed by atoms with Crippen LogP contribution in [0.15, 0.2) is 24.3 Å². The van der Waals surface area contributed by atoms with E-state index in [0.717, 1.165) is 0 Å². The lowest BCUT2D eigenvalue weighted by Gasteiger charge is -2.05. The van der Waals surface area contributed by atoms with E-state index in [4.69, 9.17) is 59.9 Å². The average Bonchev–Trinajstić information content (AvgIpc) is 2.66. The van der Waals surface area contributed by atoms with Gasteiger partial charge >= 0.3 is 5.97 Å². The number of ether oxygens (including phenoxy) is 2. The van der Waals surface area contributed by atoms with Crippen LogP contribution in [-0.4, -0.2) is 30.5 Å². The highest BCUT2D eigenvalue weighted by molar-refractivity contribution is 6.67. The van der Waals surface area contributed by atoms with Gasteiger partial charge in [-0.1, -0.05) is 23.2 Å². The van der Waals surface area contributed by atoms with Crippen LogP contribution in [0.25, 0.3) is 0 Å². The molecule has 2 rings (SSSR count). The van der Waals surface area contributed by atoms with Crippen LogP contribution in [0.2, 0.25) is 10.0 Å². The molecule has 0 radical (unpaired) electrons. The molecular formula is C18H11Cl3N2O5. The Morgan fingerprint density at radius 2 is 1.29 bits per heavy atom. The van der Waals surface area contributed by atoms with Crippen LogP contribution in [-0.2, 0) is 0 Å². The van der Waals surface area contributed by atoms with Crippen molar-refractivity contribution >= 4 is 46.0 Å². The number of hydrogen-bond acceptors (Lipinski definition) is 6. The largest absolute Gasteiger partial charge is 0.494 e. The molecule has 0 aromatic heterocycles. The van der Waals surface area contributed by atoms with E-state index >= 15 is 0 Å². The van der Waals surface area contributed by atoms with Crippen LogP contribution in [0.1, 0.15) is 31.8 Å². The lowest BCUT2D eigenvalue weighted by Crippen LogP contribution is -1.99. The van der Waals surface area contributed by atoms with Crippen molar-refractivity contribution in [3.63, 3.8) is 0 Å². The standard InChI is InChI=1S/C9H5Cl2NO2.C9H6ClNO3/c1-14-8-6(4-12)2-5(9(11)13)3-7(8)10;1-14-8-6(4-11)2-5(9(12)13)3-7(8)10/h2-3H,1H3;2-3H,1H3,(H,12,13). The number of benzene rings is 2. The summed E-state index contributed by atoms with van der Waals surface area (Å²) in [6, 6.07) is 8.82. The molecular weight excluding hydrogens is 431 g/mol. The molecule has 0 atom stereocenters. The monoisotopic (exact) mass is 440 g/mol. The SMILES string of the molecule is COc1c(Cl)cc(C(=O)Cl)cc1C#N.COc1c(Cl)cc(C(=O)O)cc1C#N. The maximum atomic E-state index is 10.8. The Balaban J connectivity index is 0.000000280. The van der Waals surface area contributed by atoms with E-state index in [-0.39, 0.29) is 43.8 Å². The predicted octanol–water partition coefficient (Wildman–Crippen LogP) is 4.52. The molecule has 0 amide bonds. The highest BCUT2D eigenvalue weighted by Gasteiger charge is 2.14. The number of methoxy groups -OCH3 is 2. The van der Waals surface area contributed by atoms with Gasteiger partial charge in [0.05, 0.1) is 41.0 Å². The minimum atomic E-state index is -1.13. The Hall–Kier alpha value is -2.97. The summed E-state index contributed by atoms with van der Waals surface area (Å²) in [4.78, 5) is 21.4. The van der Waals surface area contributed by atoms with E-state index in [0.29, 0.717) is 0 Å². The van der Waals surface area contributed by atoms with Crippen molar-refractivity contribution in [2.75, 3.05) is 14.2 Å². The van der Waals surface area contributed by atoms with Gasteiger partial charge < -0.3 is 14.6 Å².